The van der Waals surface area contributed by atoms with Crippen LogP contribution in [0.1, 0.15) is 31.9 Å². The van der Waals surface area contributed by atoms with Gasteiger partial charge in [0.15, 0.2) is 0 Å². The highest BCUT2D eigenvalue weighted by Gasteiger charge is 2.05. The topological polar surface area (TPSA) is 38.3 Å². The summed E-state index contributed by atoms with van der Waals surface area (Å²) in [5, 5.41) is 2.83. The van der Waals surface area contributed by atoms with Crippen LogP contribution in [0.2, 0.25) is 0 Å². The Bertz CT molecular complexity index is 386. The molecule has 1 aromatic rings. The first kappa shape index (κ1) is 13.7. The Morgan fingerprint density at radius 1 is 1.41 bits per heavy atom. The lowest BCUT2D eigenvalue weighted by Gasteiger charge is -2.10. The van der Waals surface area contributed by atoms with Crippen LogP contribution in [0.15, 0.2) is 18.2 Å². The van der Waals surface area contributed by atoms with Gasteiger partial charge >= 0.3 is 0 Å². The number of hydrogen-bond acceptors (Lipinski definition) is 2. The second-order valence-corrected chi connectivity index (χ2v) is 4.40. The van der Waals surface area contributed by atoms with Crippen molar-refractivity contribution in [3.63, 3.8) is 0 Å². The van der Waals surface area contributed by atoms with Crippen LogP contribution in [-0.2, 0) is 16.0 Å². The zero-order chi connectivity index (χ0) is 12.8. The Balaban J connectivity index is 2.57. The molecule has 0 unspecified atom stereocenters. The summed E-state index contributed by atoms with van der Waals surface area (Å²) >= 11 is 0. The molecule has 3 heteroatoms. The molecule has 1 aromatic carbocycles. The van der Waals surface area contributed by atoms with Crippen molar-refractivity contribution in [1.29, 1.82) is 0 Å². The third-order valence-corrected chi connectivity index (χ3v) is 2.56. The van der Waals surface area contributed by atoms with E-state index in [4.69, 9.17) is 4.74 Å². The second-order valence-electron chi connectivity index (χ2n) is 4.40. The van der Waals surface area contributed by atoms with Gasteiger partial charge in [-0.15, -0.1) is 0 Å². The number of benzene rings is 1. The van der Waals surface area contributed by atoms with Crippen molar-refractivity contribution in [2.45, 2.75) is 40.2 Å². The van der Waals surface area contributed by atoms with E-state index in [2.05, 4.69) is 19.2 Å². The molecule has 1 N–H and O–H groups in total. The molecule has 0 aliphatic heterocycles. The first-order valence-electron chi connectivity index (χ1n) is 6.04. The fourth-order valence-electron chi connectivity index (χ4n) is 1.61. The average Bonchev–Trinajstić information content (AvgIpc) is 2.26. The molecule has 1 amide bonds. The minimum atomic E-state index is -0.109. The predicted molar refractivity (Wildman–Crippen MR) is 70.3 cm³/mol. The molecular formula is C14H21NO2. The Morgan fingerprint density at radius 2 is 2.12 bits per heavy atom. The first-order valence-corrected chi connectivity index (χ1v) is 6.04. The lowest BCUT2D eigenvalue weighted by molar-refractivity contribution is -0.121. The number of aryl methyl sites for hydroxylation is 2. The van der Waals surface area contributed by atoms with Gasteiger partial charge in [0, 0.05) is 5.69 Å². The van der Waals surface area contributed by atoms with Crippen molar-refractivity contribution in [2.75, 3.05) is 11.9 Å². The first-order chi connectivity index (χ1) is 8.02. The van der Waals surface area contributed by atoms with E-state index in [-0.39, 0.29) is 18.6 Å². The van der Waals surface area contributed by atoms with Crippen LogP contribution in [0.4, 0.5) is 5.69 Å². The zero-order valence-electron chi connectivity index (χ0n) is 11.0. The summed E-state index contributed by atoms with van der Waals surface area (Å²) < 4.78 is 5.24. The summed E-state index contributed by atoms with van der Waals surface area (Å²) in [6.07, 6.45) is 1.08. The molecular weight excluding hydrogens is 214 g/mol. The lowest BCUT2D eigenvalue weighted by atomic mass is 10.1. The SMILES string of the molecule is CCc1ccc(NC(=O)COC(C)C)cc1C. The van der Waals surface area contributed by atoms with Gasteiger partial charge in [0.1, 0.15) is 6.61 Å². The average molecular weight is 235 g/mol. The highest BCUT2D eigenvalue weighted by atomic mass is 16.5. The Kier molecular flexibility index (Phi) is 5.16. The van der Waals surface area contributed by atoms with Gasteiger partial charge in [0.25, 0.3) is 0 Å². The molecule has 0 aromatic heterocycles. The molecule has 0 heterocycles. The van der Waals surface area contributed by atoms with Crippen LogP contribution >= 0.6 is 0 Å². The fourth-order valence-corrected chi connectivity index (χ4v) is 1.61. The van der Waals surface area contributed by atoms with Gasteiger partial charge in [-0.05, 0) is 50.5 Å². The largest absolute Gasteiger partial charge is 0.369 e. The molecule has 0 aliphatic carbocycles. The normalized spacial score (nSPS) is 10.6. The molecule has 0 fully saturated rings. The molecule has 0 saturated heterocycles. The van der Waals surface area contributed by atoms with Gasteiger partial charge in [-0.3, -0.25) is 4.79 Å². The lowest BCUT2D eigenvalue weighted by Crippen LogP contribution is -2.20. The Labute approximate surface area is 103 Å². The van der Waals surface area contributed by atoms with Crippen molar-refractivity contribution >= 4 is 11.6 Å². The third-order valence-electron chi connectivity index (χ3n) is 2.56. The maximum atomic E-state index is 11.5. The van der Waals surface area contributed by atoms with Crippen molar-refractivity contribution in [3.8, 4) is 0 Å². The maximum absolute atomic E-state index is 11.5. The Hall–Kier alpha value is -1.35. The molecule has 17 heavy (non-hydrogen) atoms. The van der Waals surface area contributed by atoms with Gasteiger partial charge in [-0.2, -0.15) is 0 Å². The molecule has 0 aliphatic rings. The van der Waals surface area contributed by atoms with Crippen LogP contribution < -0.4 is 5.32 Å². The van der Waals surface area contributed by atoms with Crippen molar-refractivity contribution in [3.05, 3.63) is 29.3 Å². The van der Waals surface area contributed by atoms with Crippen LogP contribution in [0.3, 0.4) is 0 Å². The standard InChI is InChI=1S/C14H21NO2/c1-5-12-6-7-13(8-11(12)4)15-14(16)9-17-10(2)3/h6-8,10H,5,9H2,1-4H3,(H,15,16). The number of hydrogen-bond donors (Lipinski definition) is 1. The number of carbonyl (C=O) groups is 1. The number of carbonyl (C=O) groups excluding carboxylic acids is 1. The van der Waals surface area contributed by atoms with Gasteiger partial charge in [0.2, 0.25) is 5.91 Å². The third kappa shape index (κ3) is 4.57. The number of amides is 1. The van der Waals surface area contributed by atoms with E-state index in [9.17, 15) is 4.79 Å². The van der Waals surface area contributed by atoms with Crippen LogP contribution in [0.5, 0.6) is 0 Å². The van der Waals surface area contributed by atoms with E-state index >= 15 is 0 Å². The highest BCUT2D eigenvalue weighted by molar-refractivity contribution is 5.91. The molecule has 1 rings (SSSR count). The summed E-state index contributed by atoms with van der Waals surface area (Å²) in [7, 11) is 0. The van der Waals surface area contributed by atoms with E-state index in [1.807, 2.05) is 32.0 Å². The zero-order valence-corrected chi connectivity index (χ0v) is 11.0. The van der Waals surface area contributed by atoms with Gasteiger partial charge in [-0.25, -0.2) is 0 Å². The minimum Gasteiger partial charge on any atom is -0.369 e. The Morgan fingerprint density at radius 3 is 2.65 bits per heavy atom. The van der Waals surface area contributed by atoms with Gasteiger partial charge in [-0.1, -0.05) is 13.0 Å². The molecule has 0 bridgehead atoms. The number of ether oxygens (including phenoxy) is 1. The molecule has 0 saturated carbocycles. The van der Waals surface area contributed by atoms with Crippen molar-refractivity contribution in [1.82, 2.24) is 0 Å². The molecule has 0 radical (unpaired) electrons. The van der Waals surface area contributed by atoms with Crippen LogP contribution in [-0.4, -0.2) is 18.6 Å². The molecule has 3 nitrogen and oxygen atoms in total. The summed E-state index contributed by atoms with van der Waals surface area (Å²) in [5.41, 5.74) is 3.34. The highest BCUT2D eigenvalue weighted by Crippen LogP contribution is 2.15. The van der Waals surface area contributed by atoms with E-state index in [1.54, 1.807) is 0 Å². The van der Waals surface area contributed by atoms with Gasteiger partial charge < -0.3 is 10.1 Å². The quantitative estimate of drug-likeness (QED) is 0.852. The second kappa shape index (κ2) is 6.40. The van der Waals surface area contributed by atoms with E-state index in [1.165, 1.54) is 11.1 Å². The summed E-state index contributed by atoms with van der Waals surface area (Å²) in [4.78, 5) is 11.5. The predicted octanol–water partition coefficient (Wildman–Crippen LogP) is 2.92. The summed E-state index contributed by atoms with van der Waals surface area (Å²) in [5.74, 6) is -0.109. The fraction of sp³-hybridized carbons (Fsp3) is 0.500. The smallest absolute Gasteiger partial charge is 0.250 e. The maximum Gasteiger partial charge on any atom is 0.250 e. The van der Waals surface area contributed by atoms with E-state index in [0.29, 0.717) is 0 Å². The number of anilines is 1. The van der Waals surface area contributed by atoms with Crippen molar-refractivity contribution in [2.24, 2.45) is 0 Å². The van der Waals surface area contributed by atoms with E-state index in [0.717, 1.165) is 12.1 Å². The summed E-state index contributed by atoms with van der Waals surface area (Å²) in [6.45, 7) is 8.10. The summed E-state index contributed by atoms with van der Waals surface area (Å²) in [6, 6.07) is 5.97. The minimum absolute atomic E-state index is 0.0740. The van der Waals surface area contributed by atoms with Crippen LogP contribution in [0, 0.1) is 6.92 Å². The number of rotatable bonds is 5. The molecule has 0 spiro atoms. The number of nitrogens with one attached hydrogen (secondary N) is 1. The van der Waals surface area contributed by atoms with Crippen LogP contribution in [0.25, 0.3) is 0 Å². The van der Waals surface area contributed by atoms with Gasteiger partial charge in [0.05, 0.1) is 6.10 Å². The van der Waals surface area contributed by atoms with Crippen molar-refractivity contribution < 1.29 is 9.53 Å². The monoisotopic (exact) mass is 235 g/mol. The molecule has 94 valence electrons. The molecule has 0 atom stereocenters. The van der Waals surface area contributed by atoms with E-state index < -0.39 is 0 Å².